The summed E-state index contributed by atoms with van der Waals surface area (Å²) in [7, 11) is 0. The number of aliphatic hydroxyl groups excluding tert-OH is 1. The third kappa shape index (κ3) is 5.47. The number of aromatic nitrogens is 2. The summed E-state index contributed by atoms with van der Waals surface area (Å²) in [5.41, 5.74) is -0.240. The van der Waals surface area contributed by atoms with Crippen molar-refractivity contribution >= 4 is 11.7 Å². The first-order chi connectivity index (χ1) is 18.8. The highest BCUT2D eigenvalue weighted by molar-refractivity contribution is 6.03. The average Bonchev–Trinajstić information content (AvgIpc) is 3.18. The van der Waals surface area contributed by atoms with Gasteiger partial charge in [0.15, 0.2) is 17.8 Å². The quantitative estimate of drug-likeness (QED) is 0.520. The summed E-state index contributed by atoms with van der Waals surface area (Å²) in [6, 6.07) is 10.1. The number of amides is 1. The summed E-state index contributed by atoms with van der Waals surface area (Å²) in [5.74, 6) is -2.52. The summed E-state index contributed by atoms with van der Waals surface area (Å²) < 4.78 is 27.6. The van der Waals surface area contributed by atoms with Crippen molar-refractivity contribution in [3.05, 3.63) is 58.6 Å². The Kier molecular flexibility index (Phi) is 8.87. The number of hydrogen-bond donors (Lipinski definition) is 2. The van der Waals surface area contributed by atoms with E-state index in [4.69, 9.17) is 18.9 Å². The van der Waals surface area contributed by atoms with Crippen LogP contribution in [0.2, 0.25) is 0 Å². The summed E-state index contributed by atoms with van der Waals surface area (Å²) in [6.07, 6.45) is -2.31. The Morgan fingerprint density at radius 3 is 2.12 bits per heavy atom. The van der Waals surface area contributed by atoms with Crippen molar-refractivity contribution < 1.29 is 28.8 Å². The molecule has 0 radical (unpaired) electrons. The van der Waals surface area contributed by atoms with Crippen LogP contribution in [-0.2, 0) is 18.9 Å². The molecule has 4 rings (SSSR count). The molecule has 0 spiro atoms. The number of fused-ring (bicyclic) bond motifs is 1. The SMILES string of the molecule is CC(C)C1(C(C)C)OCC2OC(n3ccc(NC(=O)c4ccccc4)nc3=O)C(O)C2OC(C(C)C)(C(C)C)O1. The van der Waals surface area contributed by atoms with Gasteiger partial charge in [0.25, 0.3) is 5.91 Å². The van der Waals surface area contributed by atoms with Gasteiger partial charge in [-0.2, -0.15) is 4.98 Å². The molecular weight excluding hydrogens is 514 g/mol. The molecule has 2 aliphatic rings. The fraction of sp³-hybridized carbons (Fsp3) is 0.633. The molecule has 0 bridgehead atoms. The van der Waals surface area contributed by atoms with Gasteiger partial charge in [0.1, 0.15) is 24.1 Å². The molecule has 4 unspecified atom stereocenters. The van der Waals surface area contributed by atoms with E-state index >= 15 is 0 Å². The molecule has 0 aliphatic carbocycles. The Morgan fingerprint density at radius 2 is 1.57 bits per heavy atom. The molecular formula is C30H43N3O7. The number of benzene rings is 1. The van der Waals surface area contributed by atoms with E-state index in [0.717, 1.165) is 0 Å². The fourth-order valence-corrected chi connectivity index (χ4v) is 5.82. The van der Waals surface area contributed by atoms with E-state index in [1.807, 2.05) is 33.8 Å². The van der Waals surface area contributed by atoms with Gasteiger partial charge >= 0.3 is 5.69 Å². The van der Waals surface area contributed by atoms with Gasteiger partial charge in [-0.15, -0.1) is 0 Å². The molecule has 3 heterocycles. The lowest BCUT2D eigenvalue weighted by molar-refractivity contribution is -0.437. The van der Waals surface area contributed by atoms with Gasteiger partial charge in [0.05, 0.1) is 6.61 Å². The number of anilines is 1. The van der Waals surface area contributed by atoms with E-state index in [-0.39, 0.29) is 42.0 Å². The van der Waals surface area contributed by atoms with Crippen molar-refractivity contribution in [1.82, 2.24) is 9.55 Å². The molecule has 10 nitrogen and oxygen atoms in total. The molecule has 2 saturated heterocycles. The zero-order valence-corrected chi connectivity index (χ0v) is 24.7. The van der Waals surface area contributed by atoms with Gasteiger partial charge in [0.2, 0.25) is 0 Å². The maximum absolute atomic E-state index is 13.1. The second-order valence-corrected chi connectivity index (χ2v) is 11.9. The highest BCUT2D eigenvalue weighted by Crippen LogP contribution is 2.47. The minimum absolute atomic E-state index is 0.00268. The smallest absolute Gasteiger partial charge is 0.351 e. The summed E-state index contributed by atoms with van der Waals surface area (Å²) in [5, 5.41) is 14.1. The zero-order chi connectivity index (χ0) is 29.4. The molecule has 4 atom stereocenters. The van der Waals surface area contributed by atoms with E-state index in [1.54, 1.807) is 24.3 Å². The van der Waals surface area contributed by atoms with Crippen LogP contribution in [0.15, 0.2) is 47.4 Å². The predicted octanol–water partition coefficient (Wildman–Crippen LogP) is 4.20. The van der Waals surface area contributed by atoms with Crippen LogP contribution in [0.5, 0.6) is 0 Å². The zero-order valence-electron chi connectivity index (χ0n) is 24.7. The van der Waals surface area contributed by atoms with Crippen molar-refractivity contribution in [2.24, 2.45) is 23.7 Å². The first kappa shape index (κ1) is 30.3. The topological polar surface area (TPSA) is 121 Å². The van der Waals surface area contributed by atoms with Crippen LogP contribution in [0.1, 0.15) is 72.0 Å². The Hall–Kier alpha value is -2.63. The average molecular weight is 558 g/mol. The number of carbonyl (C=O) groups is 1. The van der Waals surface area contributed by atoms with E-state index < -0.39 is 41.8 Å². The lowest BCUT2D eigenvalue weighted by atomic mass is 9.86. The number of rotatable bonds is 7. The lowest BCUT2D eigenvalue weighted by Crippen LogP contribution is -2.63. The predicted molar refractivity (Wildman–Crippen MR) is 150 cm³/mol. The normalized spacial score (nSPS) is 26.1. The van der Waals surface area contributed by atoms with Crippen LogP contribution in [0.3, 0.4) is 0 Å². The molecule has 1 amide bonds. The number of aliphatic hydroxyl groups is 1. The second-order valence-electron chi connectivity index (χ2n) is 11.9. The first-order valence-corrected chi connectivity index (χ1v) is 14.1. The van der Waals surface area contributed by atoms with Crippen LogP contribution < -0.4 is 11.0 Å². The molecule has 1 aromatic carbocycles. The number of hydrogen-bond acceptors (Lipinski definition) is 8. The van der Waals surface area contributed by atoms with Gasteiger partial charge in [-0.25, -0.2) is 4.79 Å². The summed E-state index contributed by atoms with van der Waals surface area (Å²) in [4.78, 5) is 29.6. The molecule has 2 fully saturated rings. The first-order valence-electron chi connectivity index (χ1n) is 14.1. The van der Waals surface area contributed by atoms with Crippen molar-refractivity contribution in [1.29, 1.82) is 0 Å². The molecule has 10 heteroatoms. The second kappa shape index (κ2) is 11.7. The minimum atomic E-state index is -1.20. The van der Waals surface area contributed by atoms with Crippen molar-refractivity contribution in [3.63, 3.8) is 0 Å². The Balaban J connectivity index is 1.64. The molecule has 0 saturated carbocycles. The molecule has 40 heavy (non-hydrogen) atoms. The molecule has 2 aliphatic heterocycles. The number of ether oxygens (including phenoxy) is 4. The van der Waals surface area contributed by atoms with Crippen LogP contribution in [0.4, 0.5) is 5.82 Å². The van der Waals surface area contributed by atoms with Crippen molar-refractivity contribution in [2.75, 3.05) is 11.9 Å². The molecule has 2 N–H and O–H groups in total. The Morgan fingerprint density at radius 1 is 0.975 bits per heavy atom. The third-order valence-electron chi connectivity index (χ3n) is 8.02. The van der Waals surface area contributed by atoms with Gasteiger partial charge in [-0.1, -0.05) is 73.6 Å². The van der Waals surface area contributed by atoms with Crippen LogP contribution in [-0.4, -0.2) is 57.1 Å². The highest BCUT2D eigenvalue weighted by Gasteiger charge is 2.58. The van der Waals surface area contributed by atoms with Crippen LogP contribution >= 0.6 is 0 Å². The molecule has 220 valence electrons. The molecule has 2 aromatic rings. The number of nitrogens with one attached hydrogen (secondary N) is 1. The molecule has 1 aromatic heterocycles. The standard InChI is InChI=1S/C30H43N3O7/c1-17(2)29(18(3)4)37-16-22-25(39-30(40-29,19(5)6)20(7)8)24(34)27(38-22)33-15-14-23(32-28(33)36)31-26(35)21-12-10-9-11-13-21/h9-15,17-20,22,24-25,27,34H,16H2,1-8H3,(H,31,32,35,36). The fourth-order valence-electron chi connectivity index (χ4n) is 5.82. The van der Waals surface area contributed by atoms with E-state index in [2.05, 4.69) is 38.0 Å². The maximum atomic E-state index is 13.1. The van der Waals surface area contributed by atoms with E-state index in [9.17, 15) is 14.7 Å². The Bertz CT molecular complexity index is 1210. The van der Waals surface area contributed by atoms with E-state index in [0.29, 0.717) is 5.56 Å². The van der Waals surface area contributed by atoms with Crippen LogP contribution in [0.25, 0.3) is 0 Å². The third-order valence-corrected chi connectivity index (χ3v) is 8.02. The Labute approximate surface area is 236 Å². The van der Waals surface area contributed by atoms with Crippen molar-refractivity contribution in [2.45, 2.75) is 91.5 Å². The minimum Gasteiger partial charge on any atom is -0.386 e. The van der Waals surface area contributed by atoms with Crippen LogP contribution in [0, 0.1) is 23.7 Å². The van der Waals surface area contributed by atoms with Gasteiger partial charge in [-0.3, -0.25) is 9.36 Å². The van der Waals surface area contributed by atoms with E-state index in [1.165, 1.54) is 16.8 Å². The monoisotopic (exact) mass is 557 g/mol. The van der Waals surface area contributed by atoms with Crippen molar-refractivity contribution in [3.8, 4) is 0 Å². The summed E-state index contributed by atoms with van der Waals surface area (Å²) in [6.45, 7) is 16.4. The van der Waals surface area contributed by atoms with Gasteiger partial charge < -0.3 is 29.4 Å². The largest absolute Gasteiger partial charge is 0.386 e. The maximum Gasteiger partial charge on any atom is 0.351 e. The number of carbonyl (C=O) groups excluding carboxylic acids is 1. The van der Waals surface area contributed by atoms with Gasteiger partial charge in [0, 0.05) is 35.4 Å². The summed E-state index contributed by atoms with van der Waals surface area (Å²) >= 11 is 0. The highest BCUT2D eigenvalue weighted by atomic mass is 16.8. The lowest BCUT2D eigenvalue weighted by Gasteiger charge is -2.54. The number of nitrogens with zero attached hydrogens (tertiary/aromatic N) is 2. The van der Waals surface area contributed by atoms with Gasteiger partial charge in [-0.05, 0) is 18.2 Å².